The highest BCUT2D eigenvalue weighted by Crippen LogP contribution is 2.32. The molecule has 2 nitrogen and oxygen atoms in total. The Hall–Kier alpha value is -0.860. The maximum Gasteiger partial charge on any atom is 0.0110 e. The van der Waals surface area contributed by atoms with Gasteiger partial charge >= 0.3 is 0 Å². The molecule has 3 rings (SSSR count). The molecule has 110 valence electrons. The second kappa shape index (κ2) is 6.73. The second-order valence-electron chi connectivity index (χ2n) is 6.62. The average molecular weight is 272 g/mol. The summed E-state index contributed by atoms with van der Waals surface area (Å²) in [7, 11) is 2.33. The molecule has 2 fully saturated rings. The summed E-state index contributed by atoms with van der Waals surface area (Å²) in [6, 6.07) is 13.3. The smallest absolute Gasteiger partial charge is 0.0110 e. The number of aryl methyl sites for hydroxylation is 1. The molecule has 0 aliphatic carbocycles. The van der Waals surface area contributed by atoms with E-state index in [2.05, 4.69) is 47.6 Å². The standard InChI is InChI=1S/C18H28N2/c1-20-17-10-5-11-18(20)14-16(13-17)19-12-6-9-15-7-3-2-4-8-15/h2-4,7-8,16-19H,5-6,9-14H2,1H3. The highest BCUT2D eigenvalue weighted by molar-refractivity contribution is 5.14. The summed E-state index contributed by atoms with van der Waals surface area (Å²) in [6.07, 6.45) is 9.44. The summed E-state index contributed by atoms with van der Waals surface area (Å²) < 4.78 is 0. The minimum atomic E-state index is 0.761. The molecule has 2 aliphatic rings. The number of rotatable bonds is 5. The topological polar surface area (TPSA) is 15.3 Å². The summed E-state index contributed by atoms with van der Waals surface area (Å²) in [6.45, 7) is 1.17. The second-order valence-corrected chi connectivity index (χ2v) is 6.62. The Morgan fingerprint density at radius 2 is 1.80 bits per heavy atom. The maximum atomic E-state index is 3.81. The molecule has 2 unspecified atom stereocenters. The molecule has 2 aliphatic heterocycles. The lowest BCUT2D eigenvalue weighted by atomic mass is 9.82. The van der Waals surface area contributed by atoms with Gasteiger partial charge in [-0.15, -0.1) is 0 Å². The van der Waals surface area contributed by atoms with E-state index < -0.39 is 0 Å². The van der Waals surface area contributed by atoms with Crippen LogP contribution in [0.4, 0.5) is 0 Å². The van der Waals surface area contributed by atoms with Gasteiger partial charge in [0, 0.05) is 18.1 Å². The van der Waals surface area contributed by atoms with Gasteiger partial charge in [-0.1, -0.05) is 36.8 Å². The Balaban J connectivity index is 1.39. The number of hydrogen-bond acceptors (Lipinski definition) is 2. The maximum absolute atomic E-state index is 3.81. The van der Waals surface area contributed by atoms with Gasteiger partial charge in [-0.2, -0.15) is 0 Å². The van der Waals surface area contributed by atoms with E-state index in [9.17, 15) is 0 Å². The van der Waals surface area contributed by atoms with Crippen LogP contribution in [-0.4, -0.2) is 36.6 Å². The molecule has 2 heterocycles. The first-order valence-electron chi connectivity index (χ1n) is 8.32. The van der Waals surface area contributed by atoms with Gasteiger partial charge in [0.1, 0.15) is 0 Å². The van der Waals surface area contributed by atoms with Crippen LogP contribution in [0.5, 0.6) is 0 Å². The molecule has 0 aromatic heterocycles. The lowest BCUT2D eigenvalue weighted by molar-refractivity contribution is 0.0487. The normalized spacial score (nSPS) is 30.4. The van der Waals surface area contributed by atoms with Gasteiger partial charge in [0.25, 0.3) is 0 Å². The zero-order chi connectivity index (χ0) is 13.8. The molecule has 0 spiro atoms. The number of piperidine rings is 2. The third-order valence-electron chi connectivity index (χ3n) is 5.26. The Morgan fingerprint density at radius 1 is 1.10 bits per heavy atom. The van der Waals surface area contributed by atoms with Crippen LogP contribution >= 0.6 is 0 Å². The molecule has 2 heteroatoms. The summed E-state index contributed by atoms with van der Waals surface area (Å²) in [5, 5.41) is 3.81. The number of hydrogen-bond donors (Lipinski definition) is 1. The van der Waals surface area contributed by atoms with Crippen molar-refractivity contribution in [2.75, 3.05) is 13.6 Å². The number of nitrogens with one attached hydrogen (secondary N) is 1. The van der Waals surface area contributed by atoms with E-state index in [-0.39, 0.29) is 0 Å². The molecule has 0 radical (unpaired) electrons. The molecule has 2 atom stereocenters. The van der Waals surface area contributed by atoms with Crippen LogP contribution < -0.4 is 5.32 Å². The largest absolute Gasteiger partial charge is 0.314 e. The van der Waals surface area contributed by atoms with Gasteiger partial charge in [-0.05, 0) is 57.7 Å². The molecule has 1 aromatic carbocycles. The predicted molar refractivity (Wildman–Crippen MR) is 85.0 cm³/mol. The Morgan fingerprint density at radius 3 is 2.50 bits per heavy atom. The molecular weight excluding hydrogens is 244 g/mol. The fourth-order valence-corrected chi connectivity index (χ4v) is 4.03. The van der Waals surface area contributed by atoms with Crippen molar-refractivity contribution in [1.29, 1.82) is 0 Å². The van der Waals surface area contributed by atoms with Crippen molar-refractivity contribution in [3.05, 3.63) is 35.9 Å². The molecule has 0 amide bonds. The zero-order valence-electron chi connectivity index (χ0n) is 12.7. The van der Waals surface area contributed by atoms with Gasteiger partial charge in [0.2, 0.25) is 0 Å². The first kappa shape index (κ1) is 14.1. The van der Waals surface area contributed by atoms with Crippen LogP contribution in [0.15, 0.2) is 30.3 Å². The summed E-state index contributed by atoms with van der Waals surface area (Å²) in [5.41, 5.74) is 1.47. The molecule has 20 heavy (non-hydrogen) atoms. The zero-order valence-corrected chi connectivity index (χ0v) is 12.7. The van der Waals surface area contributed by atoms with Crippen LogP contribution in [0.2, 0.25) is 0 Å². The minimum Gasteiger partial charge on any atom is -0.314 e. The third kappa shape index (κ3) is 3.42. The van der Waals surface area contributed by atoms with Crippen LogP contribution in [0.3, 0.4) is 0 Å². The van der Waals surface area contributed by atoms with Crippen molar-refractivity contribution >= 4 is 0 Å². The van der Waals surface area contributed by atoms with Crippen molar-refractivity contribution in [2.45, 2.75) is 63.1 Å². The minimum absolute atomic E-state index is 0.761. The lowest BCUT2D eigenvalue weighted by Crippen LogP contribution is -2.54. The van der Waals surface area contributed by atoms with Gasteiger partial charge < -0.3 is 10.2 Å². The van der Waals surface area contributed by atoms with Crippen molar-refractivity contribution in [3.8, 4) is 0 Å². The van der Waals surface area contributed by atoms with E-state index in [1.165, 1.54) is 57.1 Å². The van der Waals surface area contributed by atoms with Crippen LogP contribution in [0.25, 0.3) is 0 Å². The summed E-state index contributed by atoms with van der Waals surface area (Å²) in [4.78, 5) is 2.64. The van der Waals surface area contributed by atoms with Crippen LogP contribution in [0.1, 0.15) is 44.1 Å². The average Bonchev–Trinajstić information content (AvgIpc) is 2.45. The van der Waals surface area contributed by atoms with E-state index in [0.29, 0.717) is 0 Å². The molecule has 0 saturated carbocycles. The lowest BCUT2D eigenvalue weighted by Gasteiger charge is -2.47. The highest BCUT2D eigenvalue weighted by Gasteiger charge is 2.35. The summed E-state index contributed by atoms with van der Waals surface area (Å²) in [5.74, 6) is 0. The van der Waals surface area contributed by atoms with Gasteiger partial charge in [-0.3, -0.25) is 0 Å². The van der Waals surface area contributed by atoms with Gasteiger partial charge in [0.05, 0.1) is 0 Å². The third-order valence-corrected chi connectivity index (χ3v) is 5.26. The molecule has 1 aromatic rings. The number of nitrogens with zero attached hydrogens (tertiary/aromatic N) is 1. The van der Waals surface area contributed by atoms with E-state index in [0.717, 1.165) is 18.1 Å². The van der Waals surface area contributed by atoms with E-state index in [1.807, 2.05) is 0 Å². The van der Waals surface area contributed by atoms with Crippen molar-refractivity contribution in [1.82, 2.24) is 10.2 Å². The molecule has 2 saturated heterocycles. The van der Waals surface area contributed by atoms with E-state index in [1.54, 1.807) is 0 Å². The van der Waals surface area contributed by atoms with Crippen molar-refractivity contribution in [3.63, 3.8) is 0 Å². The number of fused-ring (bicyclic) bond motifs is 2. The summed E-state index contributed by atoms with van der Waals surface area (Å²) >= 11 is 0. The Bertz CT molecular complexity index is 389. The van der Waals surface area contributed by atoms with Gasteiger partial charge in [0.15, 0.2) is 0 Å². The predicted octanol–water partition coefficient (Wildman–Crippen LogP) is 3.22. The molecular formula is C18H28N2. The molecule has 2 bridgehead atoms. The highest BCUT2D eigenvalue weighted by atomic mass is 15.2. The van der Waals surface area contributed by atoms with Crippen molar-refractivity contribution < 1.29 is 0 Å². The SMILES string of the molecule is CN1C2CCCC1CC(NCCCc1ccccc1)C2. The monoisotopic (exact) mass is 272 g/mol. The van der Waals surface area contributed by atoms with E-state index in [4.69, 9.17) is 0 Å². The van der Waals surface area contributed by atoms with Crippen LogP contribution in [-0.2, 0) is 6.42 Å². The van der Waals surface area contributed by atoms with Gasteiger partial charge in [-0.25, -0.2) is 0 Å². The molecule has 1 N–H and O–H groups in total. The first-order valence-corrected chi connectivity index (χ1v) is 8.32. The van der Waals surface area contributed by atoms with Crippen molar-refractivity contribution in [2.24, 2.45) is 0 Å². The number of benzene rings is 1. The van der Waals surface area contributed by atoms with E-state index >= 15 is 0 Å². The fraction of sp³-hybridized carbons (Fsp3) is 0.667. The van der Waals surface area contributed by atoms with Crippen LogP contribution in [0, 0.1) is 0 Å². The Labute approximate surface area is 123 Å². The quantitative estimate of drug-likeness (QED) is 0.828. The first-order chi connectivity index (χ1) is 9.83. The Kier molecular flexibility index (Phi) is 4.74. The fourth-order valence-electron chi connectivity index (χ4n) is 4.03.